The fourth-order valence-electron chi connectivity index (χ4n) is 1.37. The zero-order valence-electron chi connectivity index (χ0n) is 9.82. The smallest absolute Gasteiger partial charge is 0.368 e. The first-order chi connectivity index (χ1) is 8.86. The van der Waals surface area contributed by atoms with Crippen LogP contribution in [0.15, 0.2) is 11.6 Å². The summed E-state index contributed by atoms with van der Waals surface area (Å²) in [6, 6.07) is 0.826. The standard InChI is InChI=1S/C10H10F3N5S/c1-5-6(19-4-16-5)3-15-8-2-7(10(11,12)13)17-9(14)18-8/h2,4H,3H2,1H3,(H3,14,15,17,18). The summed E-state index contributed by atoms with van der Waals surface area (Å²) in [5.74, 6) is -0.383. The van der Waals surface area contributed by atoms with Gasteiger partial charge in [-0.15, -0.1) is 11.3 Å². The number of anilines is 2. The molecule has 0 atom stereocenters. The maximum atomic E-state index is 12.5. The van der Waals surface area contributed by atoms with Crippen LogP contribution in [0.5, 0.6) is 0 Å². The number of rotatable bonds is 3. The van der Waals surface area contributed by atoms with Crippen molar-refractivity contribution >= 4 is 23.1 Å². The largest absolute Gasteiger partial charge is 0.433 e. The molecular formula is C10H10F3N5S. The van der Waals surface area contributed by atoms with Crippen LogP contribution in [0.4, 0.5) is 24.9 Å². The number of aromatic nitrogens is 3. The summed E-state index contributed by atoms with van der Waals surface area (Å²) in [4.78, 5) is 11.8. The Kier molecular flexibility index (Phi) is 3.56. The third-order valence-electron chi connectivity index (χ3n) is 2.31. The highest BCUT2D eigenvalue weighted by Gasteiger charge is 2.33. The van der Waals surface area contributed by atoms with Crippen LogP contribution in [0.2, 0.25) is 0 Å². The SMILES string of the molecule is Cc1ncsc1CNc1cc(C(F)(F)F)nc(N)n1. The van der Waals surface area contributed by atoms with Crippen molar-refractivity contribution in [1.82, 2.24) is 15.0 Å². The molecule has 3 N–H and O–H groups in total. The molecule has 5 nitrogen and oxygen atoms in total. The van der Waals surface area contributed by atoms with E-state index in [4.69, 9.17) is 5.73 Å². The quantitative estimate of drug-likeness (QED) is 0.907. The predicted molar refractivity (Wildman–Crippen MR) is 65.6 cm³/mol. The van der Waals surface area contributed by atoms with E-state index in [-0.39, 0.29) is 5.82 Å². The van der Waals surface area contributed by atoms with Gasteiger partial charge in [0.1, 0.15) is 5.82 Å². The fourth-order valence-corrected chi connectivity index (χ4v) is 2.09. The lowest BCUT2D eigenvalue weighted by molar-refractivity contribution is -0.141. The lowest BCUT2D eigenvalue weighted by Gasteiger charge is -2.09. The molecular weight excluding hydrogens is 279 g/mol. The average molecular weight is 289 g/mol. The number of hydrogen-bond donors (Lipinski definition) is 2. The molecule has 0 saturated carbocycles. The van der Waals surface area contributed by atoms with E-state index in [0.29, 0.717) is 6.54 Å². The Labute approximate surface area is 110 Å². The average Bonchev–Trinajstić information content (AvgIpc) is 2.70. The number of aryl methyl sites for hydroxylation is 1. The number of alkyl halides is 3. The summed E-state index contributed by atoms with van der Waals surface area (Å²) in [6.45, 7) is 2.16. The van der Waals surface area contributed by atoms with E-state index >= 15 is 0 Å². The minimum Gasteiger partial charge on any atom is -0.368 e. The summed E-state index contributed by atoms with van der Waals surface area (Å²) in [6.07, 6.45) is -4.55. The molecule has 0 amide bonds. The van der Waals surface area contributed by atoms with Gasteiger partial charge >= 0.3 is 6.18 Å². The van der Waals surface area contributed by atoms with Gasteiger partial charge in [0.2, 0.25) is 5.95 Å². The van der Waals surface area contributed by atoms with E-state index in [9.17, 15) is 13.2 Å². The van der Waals surface area contributed by atoms with Crippen molar-refractivity contribution in [2.75, 3.05) is 11.1 Å². The first kappa shape index (κ1) is 13.5. The maximum absolute atomic E-state index is 12.5. The fraction of sp³-hybridized carbons (Fsp3) is 0.300. The van der Waals surface area contributed by atoms with Crippen molar-refractivity contribution in [2.45, 2.75) is 19.6 Å². The Hall–Kier alpha value is -1.90. The van der Waals surface area contributed by atoms with Crippen molar-refractivity contribution < 1.29 is 13.2 Å². The van der Waals surface area contributed by atoms with Crippen LogP contribution in [0.25, 0.3) is 0 Å². The van der Waals surface area contributed by atoms with Crippen molar-refractivity contribution in [3.63, 3.8) is 0 Å². The predicted octanol–water partition coefficient (Wildman–Crippen LogP) is 2.45. The molecule has 19 heavy (non-hydrogen) atoms. The third kappa shape index (κ3) is 3.31. The second-order valence-corrected chi connectivity index (χ2v) is 4.65. The monoisotopic (exact) mass is 289 g/mol. The van der Waals surface area contributed by atoms with Crippen molar-refractivity contribution in [3.8, 4) is 0 Å². The normalized spacial score (nSPS) is 11.6. The van der Waals surface area contributed by atoms with Crippen molar-refractivity contribution in [1.29, 1.82) is 0 Å². The van der Waals surface area contributed by atoms with Crippen LogP contribution >= 0.6 is 11.3 Å². The molecule has 0 aromatic carbocycles. The van der Waals surface area contributed by atoms with Crippen LogP contribution < -0.4 is 11.1 Å². The zero-order valence-corrected chi connectivity index (χ0v) is 10.6. The lowest BCUT2D eigenvalue weighted by Crippen LogP contribution is -2.13. The molecule has 0 unspecified atom stereocenters. The van der Waals surface area contributed by atoms with Crippen LogP contribution in [0.1, 0.15) is 16.3 Å². The molecule has 102 valence electrons. The number of halogens is 3. The number of nitrogens with two attached hydrogens (primary N) is 1. The van der Waals surface area contributed by atoms with Gasteiger partial charge in [-0.05, 0) is 6.92 Å². The van der Waals surface area contributed by atoms with E-state index in [1.54, 1.807) is 5.51 Å². The number of nitrogens with one attached hydrogen (secondary N) is 1. The molecule has 0 aliphatic heterocycles. The van der Waals surface area contributed by atoms with Gasteiger partial charge in [-0.2, -0.15) is 18.2 Å². The van der Waals surface area contributed by atoms with E-state index in [0.717, 1.165) is 16.6 Å². The molecule has 2 rings (SSSR count). The molecule has 2 aromatic rings. The maximum Gasteiger partial charge on any atom is 0.433 e. The second-order valence-electron chi connectivity index (χ2n) is 3.71. The van der Waals surface area contributed by atoms with Crippen LogP contribution in [0.3, 0.4) is 0 Å². The van der Waals surface area contributed by atoms with Gasteiger partial charge in [-0.1, -0.05) is 0 Å². The number of nitrogens with zero attached hydrogens (tertiary/aromatic N) is 3. The molecule has 0 aliphatic rings. The summed E-state index contributed by atoms with van der Waals surface area (Å²) in [5, 5.41) is 2.78. The summed E-state index contributed by atoms with van der Waals surface area (Å²) < 4.78 is 37.6. The topological polar surface area (TPSA) is 76.7 Å². The highest BCUT2D eigenvalue weighted by molar-refractivity contribution is 7.09. The van der Waals surface area contributed by atoms with Gasteiger partial charge in [-0.3, -0.25) is 0 Å². The Morgan fingerprint density at radius 1 is 1.37 bits per heavy atom. The number of nitrogen functional groups attached to an aromatic ring is 1. The van der Waals surface area contributed by atoms with Crippen LogP contribution in [-0.4, -0.2) is 15.0 Å². The summed E-state index contributed by atoms with van der Waals surface area (Å²) >= 11 is 1.41. The van der Waals surface area contributed by atoms with Crippen LogP contribution in [0, 0.1) is 6.92 Å². The molecule has 9 heteroatoms. The van der Waals surface area contributed by atoms with Gasteiger partial charge in [-0.25, -0.2) is 9.97 Å². The Balaban J connectivity index is 2.17. The molecule has 2 aromatic heterocycles. The van der Waals surface area contributed by atoms with Gasteiger partial charge in [0.05, 0.1) is 17.7 Å². The van der Waals surface area contributed by atoms with E-state index < -0.39 is 17.8 Å². The molecule has 0 aliphatic carbocycles. The van der Waals surface area contributed by atoms with Gasteiger partial charge in [0.25, 0.3) is 0 Å². The van der Waals surface area contributed by atoms with Gasteiger partial charge < -0.3 is 11.1 Å². The molecule has 0 saturated heterocycles. The molecule has 0 bridgehead atoms. The van der Waals surface area contributed by atoms with Crippen LogP contribution in [-0.2, 0) is 12.7 Å². The van der Waals surface area contributed by atoms with E-state index in [2.05, 4.69) is 20.3 Å². The molecule has 2 heterocycles. The summed E-state index contributed by atoms with van der Waals surface area (Å²) in [7, 11) is 0. The molecule has 0 spiro atoms. The van der Waals surface area contributed by atoms with E-state index in [1.165, 1.54) is 11.3 Å². The Morgan fingerprint density at radius 3 is 2.68 bits per heavy atom. The van der Waals surface area contributed by atoms with Gasteiger partial charge in [0.15, 0.2) is 5.69 Å². The first-order valence-electron chi connectivity index (χ1n) is 5.21. The van der Waals surface area contributed by atoms with Crippen molar-refractivity contribution in [3.05, 3.63) is 27.8 Å². The minimum absolute atomic E-state index is 0.0348. The number of thiazole rings is 1. The highest BCUT2D eigenvalue weighted by Crippen LogP contribution is 2.29. The van der Waals surface area contributed by atoms with Crippen molar-refractivity contribution in [2.24, 2.45) is 0 Å². The Bertz CT molecular complexity index is 581. The minimum atomic E-state index is -4.55. The van der Waals surface area contributed by atoms with E-state index in [1.807, 2.05) is 6.92 Å². The first-order valence-corrected chi connectivity index (χ1v) is 6.09. The Morgan fingerprint density at radius 2 is 2.11 bits per heavy atom. The third-order valence-corrected chi connectivity index (χ3v) is 3.24. The lowest BCUT2D eigenvalue weighted by atomic mass is 10.3. The summed E-state index contributed by atoms with van der Waals surface area (Å²) in [5.41, 5.74) is 6.69. The highest BCUT2D eigenvalue weighted by atomic mass is 32.1. The molecule has 0 fully saturated rings. The zero-order chi connectivity index (χ0) is 14.0. The van der Waals surface area contributed by atoms with Gasteiger partial charge in [0, 0.05) is 10.9 Å². The molecule has 0 radical (unpaired) electrons. The second kappa shape index (κ2) is 5.00. The number of hydrogen-bond acceptors (Lipinski definition) is 6.